The van der Waals surface area contributed by atoms with Crippen molar-refractivity contribution in [3.05, 3.63) is 11.9 Å². The summed E-state index contributed by atoms with van der Waals surface area (Å²) in [6, 6.07) is 0. The lowest BCUT2D eigenvalue weighted by Crippen LogP contribution is -2.17. The molecular formula is C13H19N3O2. The molecule has 1 aromatic heterocycles. The molecule has 0 aromatic carbocycles. The van der Waals surface area contributed by atoms with E-state index in [4.69, 9.17) is 5.11 Å². The van der Waals surface area contributed by atoms with Crippen LogP contribution in [0.15, 0.2) is 6.20 Å². The van der Waals surface area contributed by atoms with Gasteiger partial charge in [0.1, 0.15) is 0 Å². The van der Waals surface area contributed by atoms with Gasteiger partial charge in [0.15, 0.2) is 0 Å². The van der Waals surface area contributed by atoms with Crippen molar-refractivity contribution in [2.75, 3.05) is 0 Å². The van der Waals surface area contributed by atoms with E-state index in [2.05, 4.69) is 10.3 Å². The summed E-state index contributed by atoms with van der Waals surface area (Å²) >= 11 is 0. The van der Waals surface area contributed by atoms with E-state index in [9.17, 15) is 4.79 Å². The first-order valence-electron chi connectivity index (χ1n) is 6.81. The summed E-state index contributed by atoms with van der Waals surface area (Å²) in [5.41, 5.74) is 0.792. The van der Waals surface area contributed by atoms with Crippen LogP contribution in [-0.4, -0.2) is 26.1 Å². The molecule has 3 atom stereocenters. The average Bonchev–Trinajstić information content (AvgIpc) is 3.02. The van der Waals surface area contributed by atoms with E-state index >= 15 is 0 Å². The zero-order valence-corrected chi connectivity index (χ0v) is 10.5. The summed E-state index contributed by atoms with van der Waals surface area (Å²) in [6.45, 7) is 0.960. The second-order valence-electron chi connectivity index (χ2n) is 5.76. The number of rotatable bonds is 5. The zero-order chi connectivity index (χ0) is 12.5. The Labute approximate surface area is 106 Å². The summed E-state index contributed by atoms with van der Waals surface area (Å²) in [7, 11) is 0. The van der Waals surface area contributed by atoms with Gasteiger partial charge in [0, 0.05) is 19.2 Å². The summed E-state index contributed by atoms with van der Waals surface area (Å²) in [5, 5.41) is 16.8. The van der Waals surface area contributed by atoms with E-state index in [0.717, 1.165) is 30.0 Å². The molecule has 0 spiro atoms. The van der Waals surface area contributed by atoms with Crippen LogP contribution >= 0.6 is 0 Å². The third-order valence-electron chi connectivity index (χ3n) is 4.49. The average molecular weight is 249 g/mol. The zero-order valence-electron chi connectivity index (χ0n) is 10.5. The number of aliphatic carboxylic acids is 1. The van der Waals surface area contributed by atoms with E-state index in [-0.39, 0.29) is 6.42 Å². The number of aromatic nitrogens is 3. The molecule has 2 bridgehead atoms. The Morgan fingerprint density at radius 2 is 2.33 bits per heavy atom. The lowest BCUT2D eigenvalue weighted by Gasteiger charge is -2.20. The van der Waals surface area contributed by atoms with Crippen LogP contribution in [0.5, 0.6) is 0 Å². The maximum atomic E-state index is 10.5. The number of hydrogen-bond acceptors (Lipinski definition) is 3. The smallest absolute Gasteiger partial charge is 0.303 e. The van der Waals surface area contributed by atoms with Crippen LogP contribution in [0.2, 0.25) is 0 Å². The van der Waals surface area contributed by atoms with Crippen molar-refractivity contribution in [3.8, 4) is 0 Å². The fraction of sp³-hybridized carbons (Fsp3) is 0.769. The molecule has 2 fully saturated rings. The molecule has 18 heavy (non-hydrogen) atoms. The van der Waals surface area contributed by atoms with Gasteiger partial charge in [0.25, 0.3) is 0 Å². The van der Waals surface area contributed by atoms with Gasteiger partial charge in [-0.25, -0.2) is 0 Å². The van der Waals surface area contributed by atoms with Gasteiger partial charge < -0.3 is 5.11 Å². The monoisotopic (exact) mass is 249 g/mol. The molecule has 1 heterocycles. The molecule has 0 radical (unpaired) electrons. The van der Waals surface area contributed by atoms with Gasteiger partial charge in [-0.05, 0) is 37.0 Å². The van der Waals surface area contributed by atoms with Gasteiger partial charge in [0.2, 0.25) is 0 Å². The maximum absolute atomic E-state index is 10.5. The van der Waals surface area contributed by atoms with Gasteiger partial charge in [-0.1, -0.05) is 11.6 Å². The Morgan fingerprint density at radius 3 is 3.00 bits per heavy atom. The molecule has 0 saturated heterocycles. The topological polar surface area (TPSA) is 68.0 Å². The maximum Gasteiger partial charge on any atom is 0.303 e. The Hall–Kier alpha value is -1.39. The Kier molecular flexibility index (Phi) is 3.06. The number of carboxylic acid groups (broad SMARTS) is 1. The molecule has 0 aliphatic heterocycles. The molecule has 0 amide bonds. The van der Waals surface area contributed by atoms with Crippen LogP contribution in [0.4, 0.5) is 0 Å². The van der Waals surface area contributed by atoms with Crippen molar-refractivity contribution in [1.82, 2.24) is 15.0 Å². The second kappa shape index (κ2) is 4.71. The van der Waals surface area contributed by atoms with Crippen molar-refractivity contribution < 1.29 is 9.90 Å². The molecule has 2 aliphatic carbocycles. The molecule has 2 aliphatic rings. The molecule has 1 aromatic rings. The third kappa shape index (κ3) is 2.40. The molecule has 3 unspecified atom stereocenters. The standard InChI is InChI=1S/C13H19N3O2/c17-13(18)4-3-12-8-16(15-14-12)7-11-6-9-1-2-10(11)5-9/h8-11H,1-7H2,(H,17,18). The van der Waals surface area contributed by atoms with Gasteiger partial charge >= 0.3 is 5.97 Å². The first kappa shape index (κ1) is 11.7. The van der Waals surface area contributed by atoms with Crippen molar-refractivity contribution in [2.45, 2.75) is 45.1 Å². The Balaban J connectivity index is 1.55. The molecule has 5 heteroatoms. The summed E-state index contributed by atoms with van der Waals surface area (Å²) in [6.07, 6.45) is 8.08. The highest BCUT2D eigenvalue weighted by molar-refractivity contribution is 5.66. The van der Waals surface area contributed by atoms with E-state index in [0.29, 0.717) is 6.42 Å². The Morgan fingerprint density at radius 1 is 1.44 bits per heavy atom. The largest absolute Gasteiger partial charge is 0.481 e. The summed E-state index contributed by atoms with van der Waals surface area (Å²) in [4.78, 5) is 10.5. The van der Waals surface area contributed by atoms with Crippen LogP contribution in [-0.2, 0) is 17.8 Å². The third-order valence-corrected chi connectivity index (χ3v) is 4.49. The highest BCUT2D eigenvalue weighted by atomic mass is 16.4. The van der Waals surface area contributed by atoms with E-state index in [1.54, 1.807) is 0 Å². The van der Waals surface area contributed by atoms with Crippen molar-refractivity contribution in [2.24, 2.45) is 17.8 Å². The normalized spacial score (nSPS) is 29.9. The molecule has 2 saturated carbocycles. The Bertz CT molecular complexity index is 443. The van der Waals surface area contributed by atoms with Crippen molar-refractivity contribution in [1.29, 1.82) is 0 Å². The number of carbonyl (C=O) groups is 1. The second-order valence-corrected chi connectivity index (χ2v) is 5.76. The predicted octanol–water partition coefficient (Wildman–Crippen LogP) is 1.73. The van der Waals surface area contributed by atoms with Gasteiger partial charge in [0.05, 0.1) is 12.1 Å². The molecule has 5 nitrogen and oxygen atoms in total. The van der Waals surface area contributed by atoms with E-state index < -0.39 is 5.97 Å². The van der Waals surface area contributed by atoms with Crippen molar-refractivity contribution >= 4 is 5.97 Å². The first-order valence-corrected chi connectivity index (χ1v) is 6.81. The minimum absolute atomic E-state index is 0.132. The van der Waals surface area contributed by atoms with Crippen molar-refractivity contribution in [3.63, 3.8) is 0 Å². The highest BCUT2D eigenvalue weighted by Crippen LogP contribution is 2.48. The number of nitrogens with zero attached hydrogens (tertiary/aromatic N) is 3. The first-order chi connectivity index (χ1) is 8.70. The number of carboxylic acids is 1. The van der Waals surface area contributed by atoms with Crippen LogP contribution in [0, 0.1) is 17.8 Å². The summed E-state index contributed by atoms with van der Waals surface area (Å²) < 4.78 is 1.91. The van der Waals surface area contributed by atoms with Crippen LogP contribution < -0.4 is 0 Å². The van der Waals surface area contributed by atoms with Crippen LogP contribution in [0.1, 0.15) is 37.8 Å². The van der Waals surface area contributed by atoms with E-state index in [1.807, 2.05) is 10.9 Å². The number of fused-ring (bicyclic) bond motifs is 2. The van der Waals surface area contributed by atoms with Crippen LogP contribution in [0.3, 0.4) is 0 Å². The van der Waals surface area contributed by atoms with Crippen LogP contribution in [0.25, 0.3) is 0 Å². The minimum Gasteiger partial charge on any atom is -0.481 e. The lowest BCUT2D eigenvalue weighted by atomic mass is 9.89. The fourth-order valence-electron chi connectivity index (χ4n) is 3.62. The number of hydrogen-bond donors (Lipinski definition) is 1. The molecule has 3 rings (SSSR count). The van der Waals surface area contributed by atoms with Gasteiger partial charge in [-0.15, -0.1) is 5.10 Å². The lowest BCUT2D eigenvalue weighted by molar-refractivity contribution is -0.136. The number of aryl methyl sites for hydroxylation is 1. The van der Waals surface area contributed by atoms with Gasteiger partial charge in [-0.3, -0.25) is 9.48 Å². The fourth-order valence-corrected chi connectivity index (χ4v) is 3.62. The van der Waals surface area contributed by atoms with Gasteiger partial charge in [-0.2, -0.15) is 0 Å². The molecule has 1 N–H and O–H groups in total. The molecular weight excluding hydrogens is 230 g/mol. The molecule has 98 valence electrons. The van der Waals surface area contributed by atoms with E-state index in [1.165, 1.54) is 25.7 Å². The minimum atomic E-state index is -0.780. The summed E-state index contributed by atoms with van der Waals surface area (Å²) in [5.74, 6) is 1.83. The predicted molar refractivity (Wildman–Crippen MR) is 64.9 cm³/mol. The quantitative estimate of drug-likeness (QED) is 0.863. The SMILES string of the molecule is O=C(O)CCc1cn(CC2CC3CCC2C3)nn1. The highest BCUT2D eigenvalue weighted by Gasteiger charge is 2.39.